The van der Waals surface area contributed by atoms with Crippen molar-refractivity contribution in [2.24, 2.45) is 5.73 Å². The summed E-state index contributed by atoms with van der Waals surface area (Å²) >= 11 is 5.14. The van der Waals surface area contributed by atoms with Crippen LogP contribution in [0.5, 0.6) is 0 Å². The van der Waals surface area contributed by atoms with Crippen LogP contribution < -0.4 is 11.1 Å². The van der Waals surface area contributed by atoms with Crippen molar-refractivity contribution in [3.05, 3.63) is 58.7 Å². The van der Waals surface area contributed by atoms with Crippen LogP contribution in [0.4, 0.5) is 11.4 Å². The van der Waals surface area contributed by atoms with Gasteiger partial charge in [0.15, 0.2) is 0 Å². The van der Waals surface area contributed by atoms with Gasteiger partial charge in [-0.05, 0) is 61.6 Å². The van der Waals surface area contributed by atoms with Crippen LogP contribution >= 0.6 is 12.2 Å². The Balaban J connectivity index is 1.93. The van der Waals surface area contributed by atoms with Crippen LogP contribution in [-0.2, 0) is 12.8 Å². The summed E-state index contributed by atoms with van der Waals surface area (Å²) in [6.07, 6.45) is 3.65. The lowest BCUT2D eigenvalue weighted by Crippen LogP contribution is -2.12. The molecular formula is C17H18N2S. The van der Waals surface area contributed by atoms with E-state index < -0.39 is 0 Å². The fourth-order valence-corrected chi connectivity index (χ4v) is 2.94. The van der Waals surface area contributed by atoms with Crippen molar-refractivity contribution >= 4 is 28.6 Å². The number of aryl methyl sites for hydroxylation is 3. The topological polar surface area (TPSA) is 38.0 Å². The molecule has 20 heavy (non-hydrogen) atoms. The van der Waals surface area contributed by atoms with E-state index in [0.717, 1.165) is 22.5 Å². The lowest BCUT2D eigenvalue weighted by atomic mass is 10.1. The van der Waals surface area contributed by atoms with Crippen LogP contribution in [0.1, 0.15) is 28.7 Å². The average molecular weight is 282 g/mol. The van der Waals surface area contributed by atoms with E-state index in [9.17, 15) is 0 Å². The Morgan fingerprint density at radius 3 is 2.70 bits per heavy atom. The van der Waals surface area contributed by atoms with Gasteiger partial charge in [-0.15, -0.1) is 0 Å². The van der Waals surface area contributed by atoms with Crippen molar-refractivity contribution in [3.63, 3.8) is 0 Å². The molecule has 2 nitrogen and oxygen atoms in total. The molecule has 0 amide bonds. The van der Waals surface area contributed by atoms with Crippen molar-refractivity contribution in [1.82, 2.24) is 0 Å². The van der Waals surface area contributed by atoms with Crippen molar-refractivity contribution in [2.45, 2.75) is 26.2 Å². The van der Waals surface area contributed by atoms with E-state index in [2.05, 4.69) is 29.6 Å². The molecule has 0 fully saturated rings. The molecule has 0 unspecified atom stereocenters. The molecule has 3 N–H and O–H groups in total. The highest BCUT2D eigenvalue weighted by Crippen LogP contribution is 2.28. The lowest BCUT2D eigenvalue weighted by molar-refractivity contribution is 0.912. The highest BCUT2D eigenvalue weighted by molar-refractivity contribution is 7.80. The third kappa shape index (κ3) is 2.54. The third-order valence-corrected chi connectivity index (χ3v) is 4.04. The van der Waals surface area contributed by atoms with Gasteiger partial charge in [0.25, 0.3) is 0 Å². The van der Waals surface area contributed by atoms with E-state index in [1.54, 1.807) is 0 Å². The highest BCUT2D eigenvalue weighted by atomic mass is 32.1. The lowest BCUT2D eigenvalue weighted by Gasteiger charge is -2.13. The smallest absolute Gasteiger partial charge is 0.106 e. The molecule has 1 aliphatic carbocycles. The first kappa shape index (κ1) is 13.1. The molecule has 3 rings (SSSR count). The molecule has 0 heterocycles. The molecule has 1 aliphatic rings. The third-order valence-electron chi connectivity index (χ3n) is 3.82. The van der Waals surface area contributed by atoms with Crippen molar-refractivity contribution < 1.29 is 0 Å². The number of benzene rings is 2. The number of nitrogens with two attached hydrogens (primary N) is 1. The number of hydrogen-bond donors (Lipinski definition) is 2. The Labute approximate surface area is 125 Å². The molecule has 3 heteroatoms. The van der Waals surface area contributed by atoms with E-state index in [1.165, 1.54) is 30.4 Å². The summed E-state index contributed by atoms with van der Waals surface area (Å²) in [5.74, 6) is 0. The molecular weight excluding hydrogens is 264 g/mol. The molecule has 2 aromatic carbocycles. The van der Waals surface area contributed by atoms with Gasteiger partial charge < -0.3 is 11.1 Å². The first-order chi connectivity index (χ1) is 9.63. The van der Waals surface area contributed by atoms with Gasteiger partial charge in [0.05, 0.1) is 0 Å². The van der Waals surface area contributed by atoms with Gasteiger partial charge >= 0.3 is 0 Å². The van der Waals surface area contributed by atoms with E-state index in [4.69, 9.17) is 18.0 Å². The minimum absolute atomic E-state index is 0.428. The summed E-state index contributed by atoms with van der Waals surface area (Å²) in [7, 11) is 0. The van der Waals surface area contributed by atoms with Crippen LogP contribution in [0.15, 0.2) is 36.4 Å². The fourth-order valence-electron chi connectivity index (χ4n) is 2.78. The van der Waals surface area contributed by atoms with Gasteiger partial charge in [0.1, 0.15) is 4.99 Å². The van der Waals surface area contributed by atoms with Crippen LogP contribution in [0.2, 0.25) is 0 Å². The van der Waals surface area contributed by atoms with Crippen molar-refractivity contribution in [3.8, 4) is 0 Å². The maximum atomic E-state index is 5.82. The zero-order chi connectivity index (χ0) is 14.1. The summed E-state index contributed by atoms with van der Waals surface area (Å²) < 4.78 is 0. The molecule has 0 saturated carbocycles. The number of rotatable bonds is 3. The number of hydrogen-bond acceptors (Lipinski definition) is 2. The molecule has 2 aromatic rings. The second-order valence-electron chi connectivity index (χ2n) is 5.38. The summed E-state index contributed by atoms with van der Waals surface area (Å²) in [4.78, 5) is 0.428. The zero-order valence-electron chi connectivity index (χ0n) is 11.6. The molecule has 0 aliphatic heterocycles. The number of nitrogens with one attached hydrogen (secondary N) is 1. The molecule has 0 spiro atoms. The maximum absolute atomic E-state index is 5.82. The monoisotopic (exact) mass is 282 g/mol. The highest BCUT2D eigenvalue weighted by Gasteiger charge is 2.12. The second-order valence-corrected chi connectivity index (χ2v) is 5.82. The molecule has 0 saturated heterocycles. The van der Waals surface area contributed by atoms with E-state index in [1.807, 2.05) is 19.1 Å². The SMILES string of the molecule is Cc1ccc(Nc2ccc3c(c2)CCC3)c(C(N)=S)c1. The fraction of sp³-hybridized carbons (Fsp3) is 0.235. The maximum Gasteiger partial charge on any atom is 0.106 e. The predicted octanol–water partition coefficient (Wildman–Crippen LogP) is 3.86. The molecule has 102 valence electrons. The first-order valence-electron chi connectivity index (χ1n) is 6.93. The molecule has 0 bridgehead atoms. The van der Waals surface area contributed by atoms with Gasteiger partial charge in [-0.1, -0.05) is 29.9 Å². The quantitative estimate of drug-likeness (QED) is 0.840. The van der Waals surface area contributed by atoms with E-state index >= 15 is 0 Å². The van der Waals surface area contributed by atoms with Gasteiger partial charge in [0.2, 0.25) is 0 Å². The van der Waals surface area contributed by atoms with E-state index in [-0.39, 0.29) is 0 Å². The predicted molar refractivity (Wildman–Crippen MR) is 88.8 cm³/mol. The normalized spacial score (nSPS) is 13.1. The van der Waals surface area contributed by atoms with Crippen molar-refractivity contribution in [1.29, 1.82) is 0 Å². The standard InChI is InChI=1S/C17H18N2S/c1-11-5-8-16(15(9-11)17(18)20)19-14-7-6-12-3-2-4-13(12)10-14/h5-10,19H,2-4H2,1H3,(H2,18,20). The summed E-state index contributed by atoms with van der Waals surface area (Å²) in [5.41, 5.74) is 12.9. The van der Waals surface area contributed by atoms with Gasteiger partial charge in [-0.25, -0.2) is 0 Å². The molecule has 0 radical (unpaired) electrons. The number of fused-ring (bicyclic) bond motifs is 1. The molecule has 0 aromatic heterocycles. The summed E-state index contributed by atoms with van der Waals surface area (Å²) in [6, 6.07) is 12.7. The minimum Gasteiger partial charge on any atom is -0.389 e. The number of anilines is 2. The van der Waals surface area contributed by atoms with Crippen LogP contribution in [-0.4, -0.2) is 4.99 Å². The summed E-state index contributed by atoms with van der Waals surface area (Å²) in [5, 5.41) is 3.44. The van der Waals surface area contributed by atoms with Gasteiger partial charge in [0, 0.05) is 16.9 Å². The minimum atomic E-state index is 0.428. The zero-order valence-corrected chi connectivity index (χ0v) is 12.4. The number of thiocarbonyl (C=S) groups is 1. The van der Waals surface area contributed by atoms with Gasteiger partial charge in [-0.2, -0.15) is 0 Å². The van der Waals surface area contributed by atoms with Crippen molar-refractivity contribution in [2.75, 3.05) is 5.32 Å². The Kier molecular flexibility index (Phi) is 3.45. The Morgan fingerprint density at radius 2 is 1.90 bits per heavy atom. The van der Waals surface area contributed by atoms with E-state index in [0.29, 0.717) is 4.99 Å². The van der Waals surface area contributed by atoms with Crippen LogP contribution in [0.3, 0.4) is 0 Å². The van der Waals surface area contributed by atoms with Gasteiger partial charge in [-0.3, -0.25) is 0 Å². The van der Waals surface area contributed by atoms with Crippen LogP contribution in [0.25, 0.3) is 0 Å². The largest absolute Gasteiger partial charge is 0.389 e. The Morgan fingerprint density at radius 1 is 1.10 bits per heavy atom. The summed E-state index contributed by atoms with van der Waals surface area (Å²) in [6.45, 7) is 2.04. The molecule has 0 atom stereocenters. The average Bonchev–Trinajstić information content (AvgIpc) is 2.88. The Bertz CT molecular complexity index is 677. The van der Waals surface area contributed by atoms with Crippen LogP contribution in [0, 0.1) is 6.92 Å². The first-order valence-corrected chi connectivity index (χ1v) is 7.33. The Hall–Kier alpha value is -1.87. The second kappa shape index (κ2) is 5.25.